The summed E-state index contributed by atoms with van der Waals surface area (Å²) in [5, 5.41) is 9.06. The van der Waals surface area contributed by atoms with Crippen molar-refractivity contribution in [2.75, 3.05) is 12.3 Å². The van der Waals surface area contributed by atoms with Crippen LogP contribution in [0.3, 0.4) is 0 Å². The van der Waals surface area contributed by atoms with Gasteiger partial charge in [0.05, 0.1) is 12.0 Å². The molecule has 0 spiro atoms. The molecule has 1 aliphatic carbocycles. The molecule has 1 amide bonds. The third kappa shape index (κ3) is 3.28. The lowest BCUT2D eigenvalue weighted by Crippen LogP contribution is -2.31. The molecule has 4 nitrogen and oxygen atoms in total. The third-order valence-electron chi connectivity index (χ3n) is 3.42. The van der Waals surface area contributed by atoms with Crippen molar-refractivity contribution in [3.05, 3.63) is 35.4 Å². The maximum Gasteiger partial charge on any atom is 0.239 e. The molecule has 1 aliphatic heterocycles. The number of benzene rings is 1. The van der Waals surface area contributed by atoms with E-state index < -0.39 is 0 Å². The number of hydrogen-bond acceptors (Lipinski definition) is 4. The highest BCUT2D eigenvalue weighted by Gasteiger charge is 2.33. The van der Waals surface area contributed by atoms with Gasteiger partial charge in [-0.05, 0) is 31.2 Å². The minimum Gasteiger partial charge on any atom is -0.289 e. The number of hydrogen-bond donors (Lipinski definition) is 0. The van der Waals surface area contributed by atoms with Crippen LogP contribution in [0.5, 0.6) is 0 Å². The first-order valence-electron chi connectivity index (χ1n) is 6.83. The molecule has 0 unspecified atom stereocenters. The lowest BCUT2D eigenvalue weighted by atomic mass is 10.2. The van der Waals surface area contributed by atoms with Gasteiger partial charge in [0.25, 0.3) is 0 Å². The number of thioether (sulfide) groups is 1. The molecule has 1 aromatic rings. The molecule has 0 bridgehead atoms. The van der Waals surface area contributed by atoms with Gasteiger partial charge in [-0.25, -0.2) is 0 Å². The summed E-state index contributed by atoms with van der Waals surface area (Å²) in [5.74, 6) is 1.32. The van der Waals surface area contributed by atoms with E-state index in [-0.39, 0.29) is 5.91 Å². The first kappa shape index (κ1) is 13.4. The van der Waals surface area contributed by atoms with Crippen molar-refractivity contribution in [1.29, 1.82) is 0 Å². The van der Waals surface area contributed by atoms with Crippen LogP contribution in [0.4, 0.5) is 0 Å². The molecule has 1 heterocycles. The normalized spacial score (nSPS) is 21.4. The van der Waals surface area contributed by atoms with Crippen molar-refractivity contribution in [3.63, 3.8) is 0 Å². The summed E-state index contributed by atoms with van der Waals surface area (Å²) in [4.78, 5) is 13.6. The summed E-state index contributed by atoms with van der Waals surface area (Å²) >= 11 is 1.48. The van der Waals surface area contributed by atoms with E-state index in [4.69, 9.17) is 0 Å². The molecule has 0 radical (unpaired) electrons. The average molecular weight is 287 g/mol. The van der Waals surface area contributed by atoms with Gasteiger partial charge in [-0.1, -0.05) is 41.6 Å². The van der Waals surface area contributed by atoms with Crippen molar-refractivity contribution in [2.24, 2.45) is 16.1 Å². The molecule has 104 valence electrons. The minimum atomic E-state index is 0.159. The fourth-order valence-electron chi connectivity index (χ4n) is 2.01. The van der Waals surface area contributed by atoms with Crippen LogP contribution in [0, 0.1) is 12.8 Å². The second-order valence-corrected chi connectivity index (χ2v) is 6.22. The summed E-state index contributed by atoms with van der Waals surface area (Å²) in [5.41, 5.74) is 2.24. The van der Waals surface area contributed by atoms with Crippen LogP contribution < -0.4 is 0 Å². The molecule has 20 heavy (non-hydrogen) atoms. The summed E-state index contributed by atoms with van der Waals surface area (Å²) in [6.07, 6.45) is 4.19. The van der Waals surface area contributed by atoms with Crippen LogP contribution in [0.15, 0.2) is 34.5 Å². The predicted molar refractivity (Wildman–Crippen MR) is 83.1 cm³/mol. The van der Waals surface area contributed by atoms with Crippen molar-refractivity contribution in [3.8, 4) is 0 Å². The molecular weight excluding hydrogens is 270 g/mol. The molecular formula is C15H17N3OS. The molecule has 3 rings (SSSR count). The molecule has 1 saturated carbocycles. The van der Waals surface area contributed by atoms with E-state index in [0.717, 1.165) is 17.3 Å². The summed E-state index contributed by atoms with van der Waals surface area (Å²) < 4.78 is 0. The molecule has 1 aromatic carbocycles. The average Bonchev–Trinajstić information content (AvgIpc) is 3.20. The zero-order chi connectivity index (χ0) is 13.9. The molecule has 1 saturated heterocycles. The molecule has 0 aromatic heterocycles. The summed E-state index contributed by atoms with van der Waals surface area (Å²) in [7, 11) is 0. The van der Waals surface area contributed by atoms with Crippen LogP contribution in [0.25, 0.3) is 0 Å². The van der Waals surface area contributed by atoms with Crippen molar-refractivity contribution < 1.29 is 4.79 Å². The topological polar surface area (TPSA) is 45.0 Å². The second kappa shape index (κ2) is 5.79. The first-order chi connectivity index (χ1) is 9.72. The molecule has 0 N–H and O–H groups in total. The highest BCUT2D eigenvalue weighted by atomic mass is 32.2. The maximum atomic E-state index is 11.8. The van der Waals surface area contributed by atoms with E-state index >= 15 is 0 Å². The number of rotatable bonds is 4. The van der Waals surface area contributed by atoms with Crippen molar-refractivity contribution in [2.45, 2.75) is 19.8 Å². The summed E-state index contributed by atoms with van der Waals surface area (Å²) in [6.45, 7) is 2.86. The van der Waals surface area contributed by atoms with E-state index in [1.807, 2.05) is 24.3 Å². The van der Waals surface area contributed by atoms with Crippen molar-refractivity contribution >= 4 is 29.1 Å². The number of aryl methyl sites for hydroxylation is 1. The maximum absolute atomic E-state index is 11.8. The molecule has 5 heteroatoms. The standard InChI is InChI=1S/C15H17N3OS/c1-11-2-4-12(5-3-11)8-16-17-15-18(9-13-6-7-13)14(19)10-20-15/h2-5,8,13H,6-7,9-10H2,1H3/b16-8-,17-15+. The quantitative estimate of drug-likeness (QED) is 0.631. The Morgan fingerprint density at radius 3 is 2.80 bits per heavy atom. The van der Waals surface area contributed by atoms with Gasteiger partial charge >= 0.3 is 0 Å². The van der Waals surface area contributed by atoms with E-state index in [9.17, 15) is 4.79 Å². The Labute approximate surface area is 123 Å². The lowest BCUT2D eigenvalue weighted by Gasteiger charge is -2.13. The lowest BCUT2D eigenvalue weighted by molar-refractivity contribution is -0.124. The number of carbonyl (C=O) groups is 1. The predicted octanol–water partition coefficient (Wildman–Crippen LogP) is 2.67. The Kier molecular flexibility index (Phi) is 3.87. The van der Waals surface area contributed by atoms with Crippen LogP contribution >= 0.6 is 11.8 Å². The Balaban J connectivity index is 1.67. The van der Waals surface area contributed by atoms with E-state index in [2.05, 4.69) is 17.1 Å². The zero-order valence-corrected chi connectivity index (χ0v) is 12.3. The highest BCUT2D eigenvalue weighted by molar-refractivity contribution is 8.15. The highest BCUT2D eigenvalue weighted by Crippen LogP contribution is 2.32. The number of amides is 1. The van der Waals surface area contributed by atoms with E-state index in [1.165, 1.54) is 30.2 Å². The van der Waals surface area contributed by atoms with Crippen molar-refractivity contribution in [1.82, 2.24) is 4.90 Å². The van der Waals surface area contributed by atoms with Gasteiger partial charge in [0.2, 0.25) is 5.91 Å². The van der Waals surface area contributed by atoms with Crippen LogP contribution in [-0.4, -0.2) is 34.5 Å². The van der Waals surface area contributed by atoms with Crippen LogP contribution in [-0.2, 0) is 4.79 Å². The molecule has 2 aliphatic rings. The van der Waals surface area contributed by atoms with Crippen LogP contribution in [0.2, 0.25) is 0 Å². The van der Waals surface area contributed by atoms with Gasteiger partial charge in [-0.3, -0.25) is 9.69 Å². The van der Waals surface area contributed by atoms with Gasteiger partial charge < -0.3 is 0 Å². The smallest absolute Gasteiger partial charge is 0.239 e. The van der Waals surface area contributed by atoms with Gasteiger partial charge in [0, 0.05) is 6.54 Å². The Morgan fingerprint density at radius 1 is 1.35 bits per heavy atom. The third-order valence-corrected chi connectivity index (χ3v) is 4.37. The monoisotopic (exact) mass is 287 g/mol. The Morgan fingerprint density at radius 2 is 2.10 bits per heavy atom. The van der Waals surface area contributed by atoms with Gasteiger partial charge in [-0.15, -0.1) is 5.10 Å². The first-order valence-corrected chi connectivity index (χ1v) is 7.82. The van der Waals surface area contributed by atoms with Gasteiger partial charge in [-0.2, -0.15) is 5.10 Å². The fraction of sp³-hybridized carbons (Fsp3) is 0.400. The van der Waals surface area contributed by atoms with Crippen LogP contribution in [0.1, 0.15) is 24.0 Å². The largest absolute Gasteiger partial charge is 0.289 e. The number of amidine groups is 1. The Bertz CT molecular complexity index is 561. The van der Waals surface area contributed by atoms with E-state index in [1.54, 1.807) is 11.1 Å². The van der Waals surface area contributed by atoms with E-state index in [0.29, 0.717) is 11.7 Å². The van der Waals surface area contributed by atoms with Gasteiger partial charge in [0.1, 0.15) is 0 Å². The number of carbonyl (C=O) groups excluding carboxylic acids is 1. The zero-order valence-electron chi connectivity index (χ0n) is 11.5. The fourth-order valence-corrected chi connectivity index (χ4v) is 2.85. The summed E-state index contributed by atoms with van der Waals surface area (Å²) in [6, 6.07) is 8.10. The minimum absolute atomic E-state index is 0.159. The molecule has 2 fully saturated rings. The number of nitrogens with zero attached hydrogens (tertiary/aromatic N) is 3. The second-order valence-electron chi connectivity index (χ2n) is 5.27. The van der Waals surface area contributed by atoms with Gasteiger partial charge in [0.15, 0.2) is 5.17 Å². The SMILES string of the molecule is Cc1ccc(/C=N\N=C2\SCC(=O)N2CC2CC2)cc1. The Hall–Kier alpha value is -1.62. The molecule has 0 atom stereocenters.